The smallest absolute Gasteiger partial charge is 0.203 e. The molecule has 0 amide bonds. The highest BCUT2D eigenvalue weighted by Crippen LogP contribution is 2.38. The third kappa shape index (κ3) is 2.67. The number of phenols is 1. The standard InChI is InChI=1S/C15H21NO4/c17-13-3-1-12(2-4-13)15(19,20)9-16-7-10-5-14(18)6-11(10)8-16/h1-4,10-11,14,17-20H,5-9H2. The number of aromatic hydroxyl groups is 1. The lowest BCUT2D eigenvalue weighted by Crippen LogP contribution is -2.40. The normalized spacial score (nSPS) is 30.6. The zero-order valence-electron chi connectivity index (χ0n) is 11.3. The van der Waals surface area contributed by atoms with Crippen LogP contribution >= 0.6 is 0 Å². The largest absolute Gasteiger partial charge is 0.508 e. The van der Waals surface area contributed by atoms with Gasteiger partial charge in [-0.25, -0.2) is 0 Å². The number of hydrogen-bond acceptors (Lipinski definition) is 5. The number of benzene rings is 1. The third-order valence-corrected chi connectivity index (χ3v) is 4.58. The van der Waals surface area contributed by atoms with Crippen molar-refractivity contribution in [2.24, 2.45) is 11.8 Å². The van der Waals surface area contributed by atoms with Crippen LogP contribution in [0.5, 0.6) is 5.75 Å². The second-order valence-corrected chi connectivity index (χ2v) is 6.20. The van der Waals surface area contributed by atoms with E-state index in [2.05, 4.69) is 0 Å². The fourth-order valence-corrected chi connectivity index (χ4v) is 3.63. The Kier molecular flexibility index (Phi) is 3.46. The molecule has 1 heterocycles. The summed E-state index contributed by atoms with van der Waals surface area (Å²) in [4.78, 5) is 2.05. The lowest BCUT2D eigenvalue weighted by molar-refractivity contribution is -0.181. The fourth-order valence-electron chi connectivity index (χ4n) is 3.63. The average molecular weight is 279 g/mol. The second kappa shape index (κ2) is 5.00. The first-order valence-electron chi connectivity index (χ1n) is 7.09. The molecule has 2 fully saturated rings. The number of likely N-dealkylation sites (tertiary alicyclic amines) is 1. The van der Waals surface area contributed by atoms with Crippen molar-refractivity contribution < 1.29 is 20.4 Å². The second-order valence-electron chi connectivity index (χ2n) is 6.20. The quantitative estimate of drug-likeness (QED) is 0.595. The molecule has 0 radical (unpaired) electrons. The first kappa shape index (κ1) is 13.8. The molecule has 1 aromatic carbocycles. The zero-order valence-corrected chi connectivity index (χ0v) is 11.3. The summed E-state index contributed by atoms with van der Waals surface area (Å²) in [5, 5.41) is 39.3. The van der Waals surface area contributed by atoms with E-state index < -0.39 is 5.79 Å². The molecule has 5 heteroatoms. The molecule has 1 saturated heterocycles. The SMILES string of the molecule is Oc1ccc(C(O)(O)CN2CC3CC(O)CC3C2)cc1. The Labute approximate surface area is 118 Å². The molecule has 0 spiro atoms. The van der Waals surface area contributed by atoms with Crippen LogP contribution in [0.15, 0.2) is 24.3 Å². The van der Waals surface area contributed by atoms with Crippen LogP contribution in [0.25, 0.3) is 0 Å². The van der Waals surface area contributed by atoms with Crippen molar-refractivity contribution in [3.05, 3.63) is 29.8 Å². The number of rotatable bonds is 3. The molecule has 1 saturated carbocycles. The van der Waals surface area contributed by atoms with E-state index in [0.29, 0.717) is 17.4 Å². The van der Waals surface area contributed by atoms with Crippen LogP contribution in [0, 0.1) is 11.8 Å². The maximum absolute atomic E-state index is 10.2. The average Bonchev–Trinajstić information content (AvgIpc) is 2.85. The number of fused-ring (bicyclic) bond motifs is 1. The molecule has 0 aromatic heterocycles. The van der Waals surface area contributed by atoms with E-state index in [1.165, 1.54) is 24.3 Å². The summed E-state index contributed by atoms with van der Waals surface area (Å²) < 4.78 is 0. The molecule has 2 atom stereocenters. The highest BCUT2D eigenvalue weighted by atomic mass is 16.5. The molecule has 4 N–H and O–H groups in total. The first-order valence-corrected chi connectivity index (χ1v) is 7.09. The summed E-state index contributed by atoms with van der Waals surface area (Å²) in [6.45, 7) is 1.77. The lowest BCUT2D eigenvalue weighted by atomic mass is 10.0. The van der Waals surface area contributed by atoms with Crippen LogP contribution in [0.2, 0.25) is 0 Å². The minimum absolute atomic E-state index is 0.106. The Hall–Kier alpha value is -1.14. The van der Waals surface area contributed by atoms with E-state index in [4.69, 9.17) is 0 Å². The monoisotopic (exact) mass is 279 g/mol. The van der Waals surface area contributed by atoms with E-state index in [9.17, 15) is 20.4 Å². The number of β-amino-alcohol motifs (C(OH)–C–C–N with tert-alkyl or cyclic N) is 2. The van der Waals surface area contributed by atoms with Crippen LogP contribution in [0.3, 0.4) is 0 Å². The van der Waals surface area contributed by atoms with Crippen LogP contribution in [-0.4, -0.2) is 51.1 Å². The van der Waals surface area contributed by atoms with Gasteiger partial charge in [0.05, 0.1) is 12.6 Å². The van der Waals surface area contributed by atoms with Crippen LogP contribution in [-0.2, 0) is 5.79 Å². The molecule has 1 aliphatic heterocycles. The van der Waals surface area contributed by atoms with E-state index in [0.717, 1.165) is 25.9 Å². The Morgan fingerprint density at radius 2 is 1.60 bits per heavy atom. The third-order valence-electron chi connectivity index (χ3n) is 4.58. The molecule has 3 rings (SSSR count). The summed E-state index contributed by atoms with van der Waals surface area (Å²) in [5.41, 5.74) is 0.382. The van der Waals surface area contributed by atoms with Crippen molar-refractivity contribution in [1.82, 2.24) is 4.90 Å². The summed E-state index contributed by atoms with van der Waals surface area (Å²) in [5.74, 6) is -0.860. The van der Waals surface area contributed by atoms with E-state index in [1.807, 2.05) is 4.90 Å². The summed E-state index contributed by atoms with van der Waals surface area (Å²) in [6, 6.07) is 5.95. The van der Waals surface area contributed by atoms with Gasteiger partial charge in [0.25, 0.3) is 0 Å². The van der Waals surface area contributed by atoms with Crippen molar-refractivity contribution >= 4 is 0 Å². The van der Waals surface area contributed by atoms with Gasteiger partial charge in [-0.3, -0.25) is 4.90 Å². The zero-order chi connectivity index (χ0) is 14.3. The minimum atomic E-state index is -1.91. The Balaban J connectivity index is 1.64. The predicted octanol–water partition coefficient (Wildman–Crippen LogP) is 0.232. The Morgan fingerprint density at radius 3 is 2.15 bits per heavy atom. The van der Waals surface area contributed by atoms with Crippen LogP contribution in [0.1, 0.15) is 18.4 Å². The number of phenolic OH excluding ortho intramolecular Hbond substituents is 1. The van der Waals surface area contributed by atoms with Crippen LogP contribution in [0.4, 0.5) is 0 Å². The maximum Gasteiger partial charge on any atom is 0.203 e. The summed E-state index contributed by atoms with van der Waals surface area (Å²) >= 11 is 0. The topological polar surface area (TPSA) is 84.2 Å². The molecule has 2 unspecified atom stereocenters. The number of aliphatic hydroxyl groups is 3. The minimum Gasteiger partial charge on any atom is -0.508 e. The predicted molar refractivity (Wildman–Crippen MR) is 72.9 cm³/mol. The molecule has 20 heavy (non-hydrogen) atoms. The number of hydrogen-bond donors (Lipinski definition) is 4. The van der Waals surface area contributed by atoms with Crippen molar-refractivity contribution in [2.45, 2.75) is 24.7 Å². The van der Waals surface area contributed by atoms with Gasteiger partial charge in [-0.15, -0.1) is 0 Å². The maximum atomic E-state index is 10.2. The summed E-state index contributed by atoms with van der Waals surface area (Å²) in [7, 11) is 0. The van der Waals surface area contributed by atoms with Gasteiger partial charge in [0.15, 0.2) is 0 Å². The van der Waals surface area contributed by atoms with Gasteiger partial charge in [-0.2, -0.15) is 0 Å². The van der Waals surface area contributed by atoms with Gasteiger partial charge >= 0.3 is 0 Å². The van der Waals surface area contributed by atoms with E-state index in [1.54, 1.807) is 0 Å². The molecule has 0 bridgehead atoms. The van der Waals surface area contributed by atoms with Crippen LogP contribution < -0.4 is 0 Å². The Bertz CT molecular complexity index is 459. The van der Waals surface area contributed by atoms with Gasteiger partial charge in [0.1, 0.15) is 5.75 Å². The van der Waals surface area contributed by atoms with Gasteiger partial charge in [0.2, 0.25) is 5.79 Å². The van der Waals surface area contributed by atoms with Crippen molar-refractivity contribution in [3.63, 3.8) is 0 Å². The molecule has 5 nitrogen and oxygen atoms in total. The first-order chi connectivity index (χ1) is 9.44. The molecular weight excluding hydrogens is 258 g/mol. The number of aliphatic hydroxyl groups excluding tert-OH is 1. The highest BCUT2D eigenvalue weighted by Gasteiger charge is 2.42. The van der Waals surface area contributed by atoms with Gasteiger partial charge in [-0.1, -0.05) is 0 Å². The fraction of sp³-hybridized carbons (Fsp3) is 0.600. The van der Waals surface area contributed by atoms with Gasteiger partial charge in [-0.05, 0) is 48.9 Å². The van der Waals surface area contributed by atoms with Gasteiger partial charge < -0.3 is 20.4 Å². The molecule has 1 aromatic rings. The molecule has 2 aliphatic rings. The molecular formula is C15H21NO4. The highest BCUT2D eigenvalue weighted by molar-refractivity contribution is 5.28. The van der Waals surface area contributed by atoms with E-state index >= 15 is 0 Å². The van der Waals surface area contributed by atoms with Crippen molar-refractivity contribution in [2.75, 3.05) is 19.6 Å². The summed E-state index contributed by atoms with van der Waals surface area (Å²) in [6.07, 6.45) is 1.46. The molecule has 110 valence electrons. The number of nitrogens with zero attached hydrogens (tertiary/aromatic N) is 1. The lowest BCUT2D eigenvalue weighted by Gasteiger charge is -2.28. The van der Waals surface area contributed by atoms with Crippen molar-refractivity contribution in [3.8, 4) is 5.75 Å². The van der Waals surface area contributed by atoms with Crippen molar-refractivity contribution in [1.29, 1.82) is 0 Å². The molecule has 1 aliphatic carbocycles. The van der Waals surface area contributed by atoms with E-state index in [-0.39, 0.29) is 18.4 Å². The van der Waals surface area contributed by atoms with Gasteiger partial charge in [0, 0.05) is 18.7 Å². The Morgan fingerprint density at radius 1 is 1.05 bits per heavy atom.